The lowest BCUT2D eigenvalue weighted by atomic mass is 10.3. The van der Waals surface area contributed by atoms with Crippen LogP contribution in [0.5, 0.6) is 0 Å². The Morgan fingerprint density at radius 2 is 2.10 bits per heavy atom. The molecule has 0 radical (unpaired) electrons. The van der Waals surface area contributed by atoms with E-state index in [4.69, 9.17) is 0 Å². The second-order valence-electron chi connectivity index (χ2n) is 3.22. The lowest BCUT2D eigenvalue weighted by Crippen LogP contribution is -2.25. The molecule has 0 N–H and O–H groups in total. The molecule has 0 fully saturated rings. The maximum Gasteiger partial charge on any atom is 0.534 e. The first-order chi connectivity index (χ1) is 9.17. The Hall–Kier alpha value is -1.55. The molecule has 0 aliphatic heterocycles. The van der Waals surface area contributed by atoms with Gasteiger partial charge in [0.1, 0.15) is 0 Å². The zero-order chi connectivity index (χ0) is 15.4. The molecule has 0 unspecified atom stereocenters. The number of hydrogen-bond donors (Lipinski definition) is 0. The molecule has 1 heterocycles. The highest BCUT2D eigenvalue weighted by Crippen LogP contribution is 2.31. The molecule has 1 aromatic rings. The molecule has 0 aromatic carbocycles. The summed E-state index contributed by atoms with van der Waals surface area (Å²) in [6.07, 6.45) is 0.554. The summed E-state index contributed by atoms with van der Waals surface area (Å²) in [7, 11) is -5.85. The van der Waals surface area contributed by atoms with E-state index in [1.54, 1.807) is 0 Å². The summed E-state index contributed by atoms with van der Waals surface area (Å²) in [6.45, 7) is 1.48. The van der Waals surface area contributed by atoms with Crippen LogP contribution in [0.3, 0.4) is 0 Å². The Bertz CT molecular complexity index is 587. The SMILES string of the molecule is CCOC(=O)C=C(OS(=O)(=O)C(F)(F)F)c1cccs1. The van der Waals surface area contributed by atoms with Crippen LogP contribution in [0.1, 0.15) is 11.8 Å². The molecule has 0 saturated heterocycles. The van der Waals surface area contributed by atoms with E-state index >= 15 is 0 Å². The van der Waals surface area contributed by atoms with E-state index in [2.05, 4.69) is 8.92 Å². The van der Waals surface area contributed by atoms with Crippen molar-refractivity contribution in [3.63, 3.8) is 0 Å². The number of alkyl halides is 3. The van der Waals surface area contributed by atoms with E-state index < -0.39 is 27.4 Å². The smallest absolute Gasteiger partial charge is 0.463 e. The molecule has 0 atom stereocenters. The van der Waals surface area contributed by atoms with Crippen LogP contribution in [0.15, 0.2) is 23.6 Å². The molecule has 0 amide bonds. The number of carbonyl (C=O) groups is 1. The van der Waals surface area contributed by atoms with Crippen molar-refractivity contribution in [2.45, 2.75) is 12.4 Å². The van der Waals surface area contributed by atoms with Gasteiger partial charge in [0.2, 0.25) is 0 Å². The predicted octanol–water partition coefficient (Wildman–Crippen LogP) is 2.52. The molecule has 0 saturated carbocycles. The summed E-state index contributed by atoms with van der Waals surface area (Å²) < 4.78 is 67.2. The topological polar surface area (TPSA) is 69.7 Å². The Morgan fingerprint density at radius 1 is 1.45 bits per heavy atom. The zero-order valence-electron chi connectivity index (χ0n) is 10.0. The molecule has 0 aliphatic carbocycles. The van der Waals surface area contributed by atoms with Crippen molar-refractivity contribution in [2.75, 3.05) is 6.61 Å². The minimum absolute atomic E-state index is 0.0148. The Kier molecular flexibility index (Phi) is 5.17. The van der Waals surface area contributed by atoms with Crippen molar-refractivity contribution in [1.29, 1.82) is 0 Å². The first-order valence-electron chi connectivity index (χ1n) is 5.10. The number of halogens is 3. The average Bonchev–Trinajstić information content (AvgIpc) is 2.79. The fourth-order valence-electron chi connectivity index (χ4n) is 1.01. The molecule has 1 aromatic heterocycles. The minimum Gasteiger partial charge on any atom is -0.463 e. The van der Waals surface area contributed by atoms with Crippen molar-refractivity contribution in [3.8, 4) is 0 Å². The lowest BCUT2D eigenvalue weighted by molar-refractivity contribution is -0.137. The maximum atomic E-state index is 12.3. The summed E-state index contributed by atoms with van der Waals surface area (Å²) in [5, 5.41) is 1.48. The van der Waals surface area contributed by atoms with E-state index in [9.17, 15) is 26.4 Å². The van der Waals surface area contributed by atoms with Crippen molar-refractivity contribution < 1.29 is 35.3 Å². The Balaban J connectivity index is 3.12. The number of esters is 1. The largest absolute Gasteiger partial charge is 0.534 e. The highest BCUT2D eigenvalue weighted by molar-refractivity contribution is 7.87. The molecule has 1 rings (SSSR count). The number of carbonyl (C=O) groups excluding carboxylic acids is 1. The van der Waals surface area contributed by atoms with E-state index in [0.717, 1.165) is 11.3 Å². The third-order valence-electron chi connectivity index (χ3n) is 1.78. The van der Waals surface area contributed by atoms with Crippen LogP contribution in [-0.4, -0.2) is 26.5 Å². The highest BCUT2D eigenvalue weighted by Gasteiger charge is 2.49. The highest BCUT2D eigenvalue weighted by atomic mass is 32.2. The molecule has 0 bridgehead atoms. The second-order valence-corrected chi connectivity index (χ2v) is 5.71. The first kappa shape index (κ1) is 16.5. The van der Waals surface area contributed by atoms with Crippen molar-refractivity contribution in [1.82, 2.24) is 0 Å². The van der Waals surface area contributed by atoms with Crippen molar-refractivity contribution in [2.24, 2.45) is 0 Å². The van der Waals surface area contributed by atoms with Gasteiger partial charge < -0.3 is 8.92 Å². The van der Waals surface area contributed by atoms with Gasteiger partial charge in [0.25, 0.3) is 0 Å². The van der Waals surface area contributed by atoms with Crippen LogP contribution in [0.25, 0.3) is 5.76 Å². The van der Waals surface area contributed by atoms with Gasteiger partial charge >= 0.3 is 21.6 Å². The number of rotatable bonds is 5. The Labute approximate surface area is 116 Å². The van der Waals surface area contributed by atoms with Crippen LogP contribution >= 0.6 is 11.3 Å². The van der Waals surface area contributed by atoms with Gasteiger partial charge in [-0.05, 0) is 18.4 Å². The number of hydrogen-bond acceptors (Lipinski definition) is 6. The van der Waals surface area contributed by atoms with Gasteiger partial charge in [-0.3, -0.25) is 0 Å². The molecular formula is C10H9F3O5S2. The van der Waals surface area contributed by atoms with E-state index in [1.807, 2.05) is 0 Å². The molecule has 112 valence electrons. The quantitative estimate of drug-likeness (QED) is 0.273. The summed E-state index contributed by atoms with van der Waals surface area (Å²) in [5.41, 5.74) is -5.59. The van der Waals surface area contributed by atoms with Gasteiger partial charge in [-0.2, -0.15) is 21.6 Å². The van der Waals surface area contributed by atoms with E-state index in [-0.39, 0.29) is 11.5 Å². The lowest BCUT2D eigenvalue weighted by Gasteiger charge is -2.11. The van der Waals surface area contributed by atoms with E-state index in [1.165, 1.54) is 24.4 Å². The predicted molar refractivity (Wildman–Crippen MR) is 65.0 cm³/mol. The normalized spacial score (nSPS) is 13.1. The molecule has 20 heavy (non-hydrogen) atoms. The average molecular weight is 330 g/mol. The van der Waals surface area contributed by atoms with Crippen LogP contribution in [0.2, 0.25) is 0 Å². The fraction of sp³-hybridized carbons (Fsp3) is 0.300. The minimum atomic E-state index is -5.85. The van der Waals surface area contributed by atoms with Gasteiger partial charge in [0.05, 0.1) is 17.6 Å². The monoisotopic (exact) mass is 330 g/mol. The summed E-state index contributed by atoms with van der Waals surface area (Å²) in [5.74, 6) is -1.75. The van der Waals surface area contributed by atoms with Crippen molar-refractivity contribution in [3.05, 3.63) is 28.5 Å². The zero-order valence-corrected chi connectivity index (χ0v) is 11.6. The van der Waals surface area contributed by atoms with Crippen LogP contribution in [-0.2, 0) is 23.8 Å². The van der Waals surface area contributed by atoms with E-state index in [0.29, 0.717) is 6.08 Å². The van der Waals surface area contributed by atoms with Gasteiger partial charge in [-0.25, -0.2) is 4.79 Å². The van der Waals surface area contributed by atoms with Crippen LogP contribution < -0.4 is 0 Å². The van der Waals surface area contributed by atoms with Gasteiger partial charge in [0.15, 0.2) is 5.76 Å². The summed E-state index contributed by atoms with van der Waals surface area (Å²) >= 11 is 0.910. The standard InChI is InChI=1S/C10H9F3O5S2/c1-2-17-9(14)6-7(8-4-3-5-19-8)18-20(15,16)10(11,12)13/h3-6H,2H2,1H3. The third kappa shape index (κ3) is 4.23. The summed E-state index contributed by atoms with van der Waals surface area (Å²) in [6, 6.07) is 2.77. The molecule has 0 aliphatic rings. The third-order valence-corrected chi connectivity index (χ3v) is 3.63. The Morgan fingerprint density at radius 3 is 2.55 bits per heavy atom. The fourth-order valence-corrected chi connectivity index (χ4v) is 2.21. The molecule has 10 heteroatoms. The molecule has 5 nitrogen and oxygen atoms in total. The van der Waals surface area contributed by atoms with Crippen LogP contribution in [0, 0.1) is 0 Å². The summed E-state index contributed by atoms with van der Waals surface area (Å²) in [4.78, 5) is 11.3. The van der Waals surface area contributed by atoms with Gasteiger partial charge in [-0.15, -0.1) is 11.3 Å². The number of thiophene rings is 1. The van der Waals surface area contributed by atoms with Gasteiger partial charge in [-0.1, -0.05) is 6.07 Å². The number of ether oxygens (including phenoxy) is 1. The van der Waals surface area contributed by atoms with Crippen LogP contribution in [0.4, 0.5) is 13.2 Å². The van der Waals surface area contributed by atoms with Crippen molar-refractivity contribution >= 4 is 33.2 Å². The maximum absolute atomic E-state index is 12.3. The second kappa shape index (κ2) is 6.27. The first-order valence-corrected chi connectivity index (χ1v) is 7.39. The molecular weight excluding hydrogens is 321 g/mol. The molecule has 0 spiro atoms. The van der Waals surface area contributed by atoms with Gasteiger partial charge in [0, 0.05) is 0 Å².